The van der Waals surface area contributed by atoms with Crippen LogP contribution in [-0.4, -0.2) is 42.0 Å². The molecule has 24 heavy (non-hydrogen) atoms. The van der Waals surface area contributed by atoms with Gasteiger partial charge in [0.25, 0.3) is 5.69 Å². The van der Waals surface area contributed by atoms with Gasteiger partial charge in [-0.05, 0) is 19.1 Å². The molecule has 0 heterocycles. The van der Waals surface area contributed by atoms with Crippen LogP contribution in [0.3, 0.4) is 0 Å². The van der Waals surface area contributed by atoms with Crippen molar-refractivity contribution in [1.29, 1.82) is 0 Å². The molecule has 0 saturated heterocycles. The molecule has 0 unspecified atom stereocenters. The van der Waals surface area contributed by atoms with Gasteiger partial charge in [0.05, 0.1) is 19.1 Å². The molecule has 2 rings (SSSR count). The van der Waals surface area contributed by atoms with Gasteiger partial charge in [-0.15, -0.1) is 0 Å². The van der Waals surface area contributed by atoms with Crippen LogP contribution in [0.15, 0.2) is 48.3 Å². The molecule has 0 bridgehead atoms. The van der Waals surface area contributed by atoms with E-state index in [2.05, 4.69) is 5.48 Å². The molecule has 0 aliphatic heterocycles. The Morgan fingerprint density at radius 2 is 2.17 bits per heavy atom. The van der Waals surface area contributed by atoms with Gasteiger partial charge in [-0.2, -0.15) is 0 Å². The molecule has 128 valence electrons. The Morgan fingerprint density at radius 1 is 1.38 bits per heavy atom. The number of hydrogen-bond donors (Lipinski definition) is 2. The maximum atomic E-state index is 11.4. The molecule has 0 atom stereocenters. The van der Waals surface area contributed by atoms with E-state index in [9.17, 15) is 10.0 Å². The first-order chi connectivity index (χ1) is 11.7. The predicted octanol–water partition coefficient (Wildman–Crippen LogP) is 2.56. The number of para-hydroxylation sites is 2. The van der Waals surface area contributed by atoms with Crippen molar-refractivity contribution in [2.75, 3.05) is 25.8 Å². The Labute approximate surface area is 140 Å². The first-order valence-electron chi connectivity index (χ1n) is 7.55. The summed E-state index contributed by atoms with van der Waals surface area (Å²) in [5.74, 6) is 0.109. The highest BCUT2D eigenvalue weighted by Gasteiger charge is 2.23. The second-order valence-corrected chi connectivity index (χ2v) is 4.84. The van der Waals surface area contributed by atoms with Crippen LogP contribution in [0.1, 0.15) is 13.3 Å². The summed E-state index contributed by atoms with van der Waals surface area (Å²) >= 11 is 0. The molecule has 0 saturated carbocycles. The first kappa shape index (κ1) is 17.6. The third-order valence-electron chi connectivity index (χ3n) is 3.27. The largest absolute Gasteiger partial charge is 0.482 e. The van der Waals surface area contributed by atoms with Crippen LogP contribution in [0.5, 0.6) is 0 Å². The fourth-order valence-corrected chi connectivity index (χ4v) is 2.26. The average molecular weight is 333 g/mol. The molecule has 0 amide bonds. The van der Waals surface area contributed by atoms with E-state index < -0.39 is 5.97 Å². The highest BCUT2D eigenvalue weighted by atomic mass is 16.7. The van der Waals surface area contributed by atoms with Crippen molar-refractivity contribution < 1.29 is 29.1 Å². The van der Waals surface area contributed by atoms with Crippen molar-refractivity contribution in [3.63, 3.8) is 0 Å². The molecule has 0 fully saturated rings. The van der Waals surface area contributed by atoms with E-state index in [1.807, 2.05) is 12.1 Å². The normalized spacial score (nSPS) is 15.4. The Bertz CT molecular complexity index is 679. The SMILES string of the molecule is CCOC(=O)COC1=C/C(=[N+](\OC)c2ccccc2NO)CC=C1. The lowest BCUT2D eigenvalue weighted by Gasteiger charge is -2.11. The summed E-state index contributed by atoms with van der Waals surface area (Å²) in [7, 11) is 1.53. The third-order valence-corrected chi connectivity index (χ3v) is 3.27. The van der Waals surface area contributed by atoms with E-state index in [1.165, 1.54) is 7.11 Å². The second-order valence-electron chi connectivity index (χ2n) is 4.84. The molecule has 7 nitrogen and oxygen atoms in total. The van der Waals surface area contributed by atoms with Crippen LogP contribution in [0.4, 0.5) is 11.4 Å². The van der Waals surface area contributed by atoms with Crippen molar-refractivity contribution in [1.82, 2.24) is 0 Å². The minimum atomic E-state index is -0.419. The molecule has 1 aliphatic carbocycles. The van der Waals surface area contributed by atoms with Crippen LogP contribution in [0.2, 0.25) is 0 Å². The Balaban J connectivity index is 2.25. The minimum Gasteiger partial charge on any atom is -0.482 e. The number of hydrogen-bond acceptors (Lipinski definition) is 6. The van der Waals surface area contributed by atoms with Crippen molar-refractivity contribution in [2.24, 2.45) is 0 Å². The van der Waals surface area contributed by atoms with Gasteiger partial charge in [0, 0.05) is 10.8 Å². The Hall–Kier alpha value is -2.80. The molecule has 1 aromatic carbocycles. The minimum absolute atomic E-state index is 0.154. The van der Waals surface area contributed by atoms with Crippen molar-refractivity contribution >= 4 is 23.1 Å². The number of anilines is 1. The standard InChI is InChI=1S/C17H21N2O5/c1-3-23-17(20)12-24-14-8-6-7-13(11-14)19(22-2)16-10-5-4-9-15(16)18-21/h4-6,8-11,18,21H,3,7,12H2,1-2H3/q+1/b19-13-. The van der Waals surface area contributed by atoms with E-state index >= 15 is 0 Å². The van der Waals surface area contributed by atoms with Gasteiger partial charge in [-0.25, -0.2) is 4.79 Å². The highest BCUT2D eigenvalue weighted by Crippen LogP contribution is 2.25. The summed E-state index contributed by atoms with van der Waals surface area (Å²) in [4.78, 5) is 16.8. The van der Waals surface area contributed by atoms with Crippen LogP contribution in [0.25, 0.3) is 0 Å². The molecule has 0 radical (unpaired) electrons. The fraction of sp³-hybridized carbons (Fsp3) is 0.294. The number of nitrogens with zero attached hydrogens (tertiary/aromatic N) is 1. The zero-order valence-corrected chi connectivity index (χ0v) is 13.7. The van der Waals surface area contributed by atoms with Gasteiger partial charge in [0.2, 0.25) is 5.71 Å². The van der Waals surface area contributed by atoms with E-state index in [-0.39, 0.29) is 6.61 Å². The van der Waals surface area contributed by atoms with Gasteiger partial charge in [-0.1, -0.05) is 18.2 Å². The molecule has 1 aliphatic rings. The average Bonchev–Trinajstić information content (AvgIpc) is 2.62. The molecule has 2 N–H and O–H groups in total. The summed E-state index contributed by atoms with van der Waals surface area (Å²) in [5, 5.41) is 9.26. The quantitative estimate of drug-likeness (QED) is 0.453. The van der Waals surface area contributed by atoms with E-state index in [0.29, 0.717) is 30.2 Å². The van der Waals surface area contributed by atoms with E-state index in [4.69, 9.17) is 14.3 Å². The molecule has 7 heteroatoms. The third kappa shape index (κ3) is 4.36. The number of benzene rings is 1. The Morgan fingerprint density at radius 3 is 2.88 bits per heavy atom. The molecular formula is C17H21N2O5+. The van der Waals surface area contributed by atoms with E-state index in [1.54, 1.807) is 42.0 Å². The summed E-state index contributed by atoms with van der Waals surface area (Å²) < 4.78 is 11.9. The van der Waals surface area contributed by atoms with Crippen molar-refractivity contribution in [3.8, 4) is 0 Å². The number of esters is 1. The van der Waals surface area contributed by atoms with Crippen LogP contribution in [-0.2, 0) is 19.1 Å². The lowest BCUT2D eigenvalue weighted by atomic mass is 10.1. The zero-order valence-electron chi connectivity index (χ0n) is 13.7. The fourth-order valence-electron chi connectivity index (χ4n) is 2.26. The molecule has 0 spiro atoms. The lowest BCUT2D eigenvalue weighted by molar-refractivity contribution is -0.720. The maximum absolute atomic E-state index is 11.4. The topological polar surface area (TPSA) is 80.0 Å². The van der Waals surface area contributed by atoms with Gasteiger partial charge in [0.1, 0.15) is 18.6 Å². The van der Waals surface area contributed by atoms with Crippen LogP contribution in [0, 0.1) is 0 Å². The molecular weight excluding hydrogens is 312 g/mol. The maximum Gasteiger partial charge on any atom is 0.344 e. The summed E-state index contributed by atoms with van der Waals surface area (Å²) in [6.45, 7) is 1.91. The number of carbonyl (C=O) groups excluding carboxylic acids is 1. The second kappa shape index (κ2) is 8.73. The van der Waals surface area contributed by atoms with Crippen molar-refractivity contribution in [2.45, 2.75) is 13.3 Å². The smallest absolute Gasteiger partial charge is 0.344 e. The highest BCUT2D eigenvalue weighted by molar-refractivity contribution is 5.94. The zero-order chi connectivity index (χ0) is 17.4. The summed E-state index contributed by atoms with van der Waals surface area (Å²) in [6, 6.07) is 7.16. The predicted molar refractivity (Wildman–Crippen MR) is 88.2 cm³/mol. The number of rotatable bonds is 7. The lowest BCUT2D eigenvalue weighted by Crippen LogP contribution is -2.18. The monoisotopic (exact) mass is 333 g/mol. The van der Waals surface area contributed by atoms with Crippen LogP contribution < -0.4 is 5.48 Å². The number of ether oxygens (including phenoxy) is 2. The number of carbonyl (C=O) groups is 1. The van der Waals surface area contributed by atoms with E-state index in [0.717, 1.165) is 5.71 Å². The first-order valence-corrected chi connectivity index (χ1v) is 7.55. The number of nitrogens with one attached hydrogen (secondary N) is 1. The van der Waals surface area contributed by atoms with Crippen molar-refractivity contribution in [3.05, 3.63) is 48.3 Å². The summed E-state index contributed by atoms with van der Waals surface area (Å²) in [6.07, 6.45) is 6.07. The van der Waals surface area contributed by atoms with Gasteiger partial charge >= 0.3 is 5.97 Å². The van der Waals surface area contributed by atoms with Gasteiger partial charge in [0.15, 0.2) is 6.61 Å². The Kier molecular flexibility index (Phi) is 6.39. The molecule has 1 aromatic rings. The van der Waals surface area contributed by atoms with Crippen LogP contribution >= 0.6 is 0 Å². The molecule has 0 aromatic heterocycles. The van der Waals surface area contributed by atoms with Gasteiger partial charge < -0.3 is 9.47 Å². The van der Waals surface area contributed by atoms with Gasteiger partial charge in [-0.3, -0.25) is 15.5 Å². The number of allylic oxidation sites excluding steroid dienone is 3. The summed E-state index contributed by atoms with van der Waals surface area (Å²) in [5.41, 5.74) is 4.09.